The van der Waals surface area contributed by atoms with Gasteiger partial charge in [0.05, 0.1) is 5.01 Å². The molecule has 1 aliphatic heterocycles. The third-order valence-corrected chi connectivity index (χ3v) is 4.70. The van der Waals surface area contributed by atoms with E-state index in [4.69, 9.17) is 5.73 Å². The molecule has 0 spiro atoms. The van der Waals surface area contributed by atoms with Crippen molar-refractivity contribution in [3.05, 3.63) is 16.1 Å². The molecule has 1 unspecified atom stereocenters. The van der Waals surface area contributed by atoms with Crippen LogP contribution in [0.5, 0.6) is 0 Å². The van der Waals surface area contributed by atoms with Crippen molar-refractivity contribution >= 4 is 23.7 Å². The molecule has 1 aliphatic rings. The highest BCUT2D eigenvalue weighted by Gasteiger charge is 2.32. The molecule has 1 saturated heterocycles. The number of nitrogens with two attached hydrogens (primary N) is 1. The highest BCUT2D eigenvalue weighted by Crippen LogP contribution is 2.30. The maximum Gasteiger partial charge on any atom is 0.0930 e. The Balaban J connectivity index is 0.00000180. The lowest BCUT2D eigenvalue weighted by atomic mass is 9.90. The Morgan fingerprint density at radius 2 is 2.26 bits per heavy atom. The lowest BCUT2D eigenvalue weighted by Gasteiger charge is -2.22. The molecule has 19 heavy (non-hydrogen) atoms. The number of hydrogen-bond donors (Lipinski definition) is 1. The number of likely N-dealkylation sites (tertiary alicyclic amines) is 1. The van der Waals surface area contributed by atoms with Crippen LogP contribution in [0.1, 0.15) is 37.1 Å². The zero-order chi connectivity index (χ0) is 13.2. The molecular weight excluding hydrogens is 278 g/mol. The minimum atomic E-state index is 0. The molecule has 0 aliphatic carbocycles. The van der Waals surface area contributed by atoms with Crippen LogP contribution >= 0.6 is 23.7 Å². The van der Waals surface area contributed by atoms with Gasteiger partial charge in [-0.1, -0.05) is 20.8 Å². The zero-order valence-corrected chi connectivity index (χ0v) is 13.8. The number of hydrogen-bond acceptors (Lipinski definition) is 4. The average molecular weight is 304 g/mol. The SMILES string of the molecule is CC(C)Cc1ncc(CN2CCC(C)(CN)C2)s1.Cl. The third kappa shape index (κ3) is 4.71. The van der Waals surface area contributed by atoms with Gasteiger partial charge in [-0.15, -0.1) is 23.7 Å². The minimum absolute atomic E-state index is 0. The Bertz CT molecular complexity index is 394. The molecular formula is C14H26ClN3S. The maximum atomic E-state index is 5.85. The summed E-state index contributed by atoms with van der Waals surface area (Å²) < 4.78 is 0. The summed E-state index contributed by atoms with van der Waals surface area (Å²) in [6, 6.07) is 0. The van der Waals surface area contributed by atoms with Crippen LogP contribution in [0.15, 0.2) is 6.20 Å². The smallest absolute Gasteiger partial charge is 0.0930 e. The van der Waals surface area contributed by atoms with E-state index in [1.807, 2.05) is 11.3 Å². The van der Waals surface area contributed by atoms with E-state index in [1.165, 1.54) is 22.9 Å². The summed E-state index contributed by atoms with van der Waals surface area (Å²) in [5, 5.41) is 1.28. The highest BCUT2D eigenvalue weighted by atomic mass is 35.5. The molecule has 1 aromatic rings. The number of nitrogens with zero attached hydrogens (tertiary/aromatic N) is 2. The summed E-state index contributed by atoms with van der Waals surface area (Å²) in [6.07, 6.45) is 4.38. The Kier molecular flexibility index (Phi) is 6.24. The average Bonchev–Trinajstić information content (AvgIpc) is 2.87. The van der Waals surface area contributed by atoms with Gasteiger partial charge >= 0.3 is 0 Å². The van der Waals surface area contributed by atoms with Crippen LogP contribution in [0.3, 0.4) is 0 Å². The van der Waals surface area contributed by atoms with Crippen molar-refractivity contribution < 1.29 is 0 Å². The van der Waals surface area contributed by atoms with Crippen molar-refractivity contribution in [3.8, 4) is 0 Å². The second-order valence-corrected chi connectivity index (χ2v) is 7.49. The predicted octanol–water partition coefficient (Wildman–Crippen LogP) is 2.93. The molecule has 2 rings (SSSR count). The molecule has 1 aromatic heterocycles. The van der Waals surface area contributed by atoms with Gasteiger partial charge in [0.25, 0.3) is 0 Å². The van der Waals surface area contributed by atoms with Crippen LogP contribution < -0.4 is 5.73 Å². The van der Waals surface area contributed by atoms with E-state index in [9.17, 15) is 0 Å². The van der Waals surface area contributed by atoms with Crippen LogP contribution in [-0.2, 0) is 13.0 Å². The van der Waals surface area contributed by atoms with Gasteiger partial charge in [-0.05, 0) is 30.8 Å². The first-order chi connectivity index (χ1) is 8.50. The van der Waals surface area contributed by atoms with Crippen LogP contribution in [0, 0.1) is 11.3 Å². The molecule has 1 fully saturated rings. The Morgan fingerprint density at radius 3 is 2.84 bits per heavy atom. The number of rotatable bonds is 5. The number of halogens is 1. The molecule has 3 nitrogen and oxygen atoms in total. The van der Waals surface area contributed by atoms with Crippen molar-refractivity contribution in [1.82, 2.24) is 9.88 Å². The largest absolute Gasteiger partial charge is 0.330 e. The Labute approximate surface area is 127 Å². The van der Waals surface area contributed by atoms with Gasteiger partial charge in [0.2, 0.25) is 0 Å². The molecule has 110 valence electrons. The molecule has 0 amide bonds. The molecule has 5 heteroatoms. The second kappa shape index (κ2) is 7.02. The molecule has 0 saturated carbocycles. The first-order valence-electron chi connectivity index (χ1n) is 6.87. The van der Waals surface area contributed by atoms with Crippen molar-refractivity contribution in [1.29, 1.82) is 0 Å². The van der Waals surface area contributed by atoms with E-state index in [1.54, 1.807) is 0 Å². The van der Waals surface area contributed by atoms with Crippen molar-refractivity contribution in [2.24, 2.45) is 17.1 Å². The van der Waals surface area contributed by atoms with Crippen LogP contribution in [0.4, 0.5) is 0 Å². The summed E-state index contributed by atoms with van der Waals surface area (Å²) in [5.41, 5.74) is 6.17. The van der Waals surface area contributed by atoms with Gasteiger partial charge in [-0.2, -0.15) is 0 Å². The lowest BCUT2D eigenvalue weighted by Crippen LogP contribution is -2.30. The van der Waals surface area contributed by atoms with E-state index in [2.05, 4.69) is 36.9 Å². The van der Waals surface area contributed by atoms with E-state index in [0.717, 1.165) is 26.1 Å². The maximum absolute atomic E-state index is 5.85. The predicted molar refractivity (Wildman–Crippen MR) is 85.0 cm³/mol. The van der Waals surface area contributed by atoms with Gasteiger partial charge in [-0.3, -0.25) is 4.90 Å². The van der Waals surface area contributed by atoms with Gasteiger partial charge < -0.3 is 5.73 Å². The molecule has 0 radical (unpaired) electrons. The molecule has 0 bridgehead atoms. The summed E-state index contributed by atoms with van der Waals surface area (Å²) in [5.74, 6) is 0.691. The quantitative estimate of drug-likeness (QED) is 0.909. The summed E-state index contributed by atoms with van der Waals surface area (Å²) >= 11 is 1.87. The van der Waals surface area contributed by atoms with E-state index in [-0.39, 0.29) is 12.4 Å². The molecule has 0 aromatic carbocycles. The summed E-state index contributed by atoms with van der Waals surface area (Å²) in [6.45, 7) is 10.9. The van der Waals surface area contributed by atoms with Crippen LogP contribution in [-0.4, -0.2) is 29.5 Å². The highest BCUT2D eigenvalue weighted by molar-refractivity contribution is 7.11. The van der Waals surface area contributed by atoms with Crippen molar-refractivity contribution in [3.63, 3.8) is 0 Å². The van der Waals surface area contributed by atoms with Gasteiger partial charge in [0.15, 0.2) is 0 Å². The van der Waals surface area contributed by atoms with E-state index >= 15 is 0 Å². The first-order valence-corrected chi connectivity index (χ1v) is 7.68. The standard InChI is InChI=1S/C14H25N3S.ClH/c1-11(2)6-13-16-7-12(18-13)8-17-5-4-14(3,9-15)10-17;/h7,11H,4-6,8-10,15H2,1-3H3;1H. The first kappa shape index (κ1) is 16.9. The fourth-order valence-corrected chi connectivity index (χ4v) is 3.69. The Hall–Kier alpha value is -0.160. The van der Waals surface area contributed by atoms with Gasteiger partial charge in [0, 0.05) is 30.6 Å². The van der Waals surface area contributed by atoms with E-state index < -0.39 is 0 Å². The third-order valence-electron chi connectivity index (χ3n) is 3.69. The molecule has 2 heterocycles. The topological polar surface area (TPSA) is 42.2 Å². The zero-order valence-electron chi connectivity index (χ0n) is 12.2. The van der Waals surface area contributed by atoms with Gasteiger partial charge in [-0.25, -0.2) is 4.98 Å². The number of aromatic nitrogens is 1. The Morgan fingerprint density at radius 1 is 1.53 bits per heavy atom. The minimum Gasteiger partial charge on any atom is -0.330 e. The van der Waals surface area contributed by atoms with Crippen LogP contribution in [0.2, 0.25) is 0 Å². The van der Waals surface area contributed by atoms with Gasteiger partial charge in [0.1, 0.15) is 0 Å². The molecule has 1 atom stereocenters. The van der Waals surface area contributed by atoms with Crippen molar-refractivity contribution in [2.45, 2.75) is 40.2 Å². The summed E-state index contributed by atoms with van der Waals surface area (Å²) in [7, 11) is 0. The summed E-state index contributed by atoms with van der Waals surface area (Å²) in [4.78, 5) is 8.43. The van der Waals surface area contributed by atoms with E-state index in [0.29, 0.717) is 11.3 Å². The fraction of sp³-hybridized carbons (Fsp3) is 0.786. The molecule has 2 N–H and O–H groups in total. The second-order valence-electron chi connectivity index (χ2n) is 6.29. The van der Waals surface area contributed by atoms with Crippen molar-refractivity contribution in [2.75, 3.05) is 19.6 Å². The normalized spacial score (nSPS) is 23.8. The van der Waals surface area contributed by atoms with Crippen LogP contribution in [0.25, 0.3) is 0 Å². The number of thiazole rings is 1. The lowest BCUT2D eigenvalue weighted by molar-refractivity contribution is 0.276. The monoisotopic (exact) mass is 303 g/mol. The fourth-order valence-electron chi connectivity index (χ4n) is 2.51.